The minimum Gasteiger partial charge on any atom is -0.391 e. The number of hydrogen-bond acceptors (Lipinski definition) is 7. The third-order valence-corrected chi connectivity index (χ3v) is 3.71. The smallest absolute Gasteiger partial charge is 0.391 e. The standard InChI is InChI=1S/C10H14FN2O9P/c1-4(14)6-7(22-23(18,19)20)8(16)10(11,21-6)13-3-2-5(15)12-9(13)17/h2-4,6-8,14,16H,1H3,(H,12,15,17)(H2,18,19,20)/t4?,6-,7-,8-,10+/m1/s1. The molecule has 130 valence electrons. The molecule has 1 aromatic heterocycles. The van der Waals surface area contributed by atoms with Gasteiger partial charge >= 0.3 is 19.5 Å². The van der Waals surface area contributed by atoms with Gasteiger partial charge in [0, 0.05) is 12.3 Å². The van der Waals surface area contributed by atoms with Gasteiger partial charge in [0.05, 0.1) is 6.10 Å². The predicted molar refractivity (Wildman–Crippen MR) is 69.9 cm³/mol. The number of alkyl halides is 1. The summed E-state index contributed by atoms with van der Waals surface area (Å²) in [5, 5.41) is 19.6. The molecular formula is C10H14FN2O9P. The lowest BCUT2D eigenvalue weighted by atomic mass is 10.1. The summed E-state index contributed by atoms with van der Waals surface area (Å²) in [4.78, 5) is 42.1. The number of H-pyrrole nitrogens is 1. The molecule has 11 nitrogen and oxygen atoms in total. The maximum atomic E-state index is 15.0. The third-order valence-electron chi connectivity index (χ3n) is 3.19. The Bertz CT molecular complexity index is 742. The molecular weight excluding hydrogens is 342 g/mol. The highest BCUT2D eigenvalue weighted by atomic mass is 31.2. The van der Waals surface area contributed by atoms with Crippen LogP contribution in [0.15, 0.2) is 21.9 Å². The van der Waals surface area contributed by atoms with Crippen LogP contribution in [0.4, 0.5) is 4.39 Å². The van der Waals surface area contributed by atoms with Crippen LogP contribution in [0.3, 0.4) is 0 Å². The molecule has 5 N–H and O–H groups in total. The molecule has 1 aliphatic rings. The molecule has 0 spiro atoms. The lowest BCUT2D eigenvalue weighted by Crippen LogP contribution is -2.48. The average molecular weight is 356 g/mol. The molecule has 5 atom stereocenters. The summed E-state index contributed by atoms with van der Waals surface area (Å²) < 4.78 is 35.2. The van der Waals surface area contributed by atoms with Crippen LogP contribution in [0.2, 0.25) is 0 Å². The van der Waals surface area contributed by atoms with Crippen LogP contribution in [-0.4, -0.2) is 54.0 Å². The van der Waals surface area contributed by atoms with E-state index in [2.05, 4.69) is 4.52 Å². The number of halogens is 1. The van der Waals surface area contributed by atoms with Gasteiger partial charge in [-0.05, 0) is 6.92 Å². The molecule has 2 rings (SSSR count). The first kappa shape index (κ1) is 17.9. The first-order valence-corrected chi connectivity index (χ1v) is 7.78. The van der Waals surface area contributed by atoms with Crippen molar-refractivity contribution in [2.24, 2.45) is 0 Å². The van der Waals surface area contributed by atoms with E-state index in [9.17, 15) is 28.8 Å². The molecule has 0 aliphatic carbocycles. The number of rotatable bonds is 4. The van der Waals surface area contributed by atoms with Gasteiger partial charge < -0.3 is 24.7 Å². The third kappa shape index (κ3) is 3.43. The fraction of sp³-hybridized carbons (Fsp3) is 0.600. The van der Waals surface area contributed by atoms with E-state index in [0.717, 1.165) is 13.0 Å². The van der Waals surface area contributed by atoms with E-state index in [1.165, 1.54) is 0 Å². The minimum atomic E-state index is -5.16. The highest BCUT2D eigenvalue weighted by molar-refractivity contribution is 7.46. The molecule has 0 bridgehead atoms. The SMILES string of the molecule is CC(O)[C@H]1O[C@@](F)(n2ccc(=O)[nH]c2=O)[C@H](O)[C@@H]1OP(=O)(O)O. The predicted octanol–water partition coefficient (Wildman–Crippen LogP) is -2.27. The fourth-order valence-electron chi connectivity index (χ4n) is 2.22. The first-order chi connectivity index (χ1) is 10.5. The molecule has 0 saturated carbocycles. The van der Waals surface area contributed by atoms with Crippen LogP contribution in [0, 0.1) is 0 Å². The summed E-state index contributed by atoms with van der Waals surface area (Å²) in [6.07, 6.45) is -6.86. The maximum Gasteiger partial charge on any atom is 0.470 e. The number of aromatic nitrogens is 2. The van der Waals surface area contributed by atoms with Crippen molar-refractivity contribution in [1.29, 1.82) is 0 Å². The number of nitrogens with one attached hydrogen (secondary N) is 1. The zero-order chi connectivity index (χ0) is 17.6. The molecule has 13 heteroatoms. The Hall–Kier alpha value is -1.40. The van der Waals surface area contributed by atoms with Gasteiger partial charge in [0.2, 0.25) is 0 Å². The highest BCUT2D eigenvalue weighted by Gasteiger charge is 2.61. The fourth-order valence-corrected chi connectivity index (χ4v) is 2.77. The lowest BCUT2D eigenvalue weighted by molar-refractivity contribution is -0.245. The van der Waals surface area contributed by atoms with Crippen molar-refractivity contribution in [3.8, 4) is 0 Å². The van der Waals surface area contributed by atoms with Crippen LogP contribution in [-0.2, 0) is 19.8 Å². The molecule has 2 heterocycles. The second kappa shape index (κ2) is 5.91. The van der Waals surface area contributed by atoms with Crippen molar-refractivity contribution >= 4 is 7.82 Å². The van der Waals surface area contributed by atoms with E-state index < -0.39 is 49.5 Å². The van der Waals surface area contributed by atoms with Gasteiger partial charge in [0.25, 0.3) is 5.56 Å². The zero-order valence-electron chi connectivity index (χ0n) is 11.6. The van der Waals surface area contributed by atoms with E-state index in [-0.39, 0.29) is 4.57 Å². The summed E-state index contributed by atoms with van der Waals surface area (Å²) in [6.45, 7) is 1.11. The lowest BCUT2D eigenvalue weighted by Gasteiger charge is -2.25. The summed E-state index contributed by atoms with van der Waals surface area (Å²) in [6, 6.07) is 0.771. The molecule has 0 amide bonds. The highest BCUT2D eigenvalue weighted by Crippen LogP contribution is 2.46. The summed E-state index contributed by atoms with van der Waals surface area (Å²) in [5.74, 6) is -3.32. The number of hydrogen-bond donors (Lipinski definition) is 5. The first-order valence-electron chi connectivity index (χ1n) is 6.25. The summed E-state index contributed by atoms with van der Waals surface area (Å²) in [7, 11) is -5.16. The summed E-state index contributed by atoms with van der Waals surface area (Å²) >= 11 is 0. The number of nitrogens with zero attached hydrogens (tertiary/aromatic N) is 1. The van der Waals surface area contributed by atoms with Crippen LogP contribution in [0.1, 0.15) is 6.92 Å². The second-order valence-electron chi connectivity index (χ2n) is 4.92. The molecule has 23 heavy (non-hydrogen) atoms. The Morgan fingerprint density at radius 3 is 2.61 bits per heavy atom. The molecule has 0 radical (unpaired) electrons. The van der Waals surface area contributed by atoms with Crippen molar-refractivity contribution in [1.82, 2.24) is 9.55 Å². The van der Waals surface area contributed by atoms with Crippen LogP contribution < -0.4 is 11.2 Å². The van der Waals surface area contributed by atoms with Crippen molar-refractivity contribution < 1.29 is 38.2 Å². The Morgan fingerprint density at radius 2 is 2.13 bits per heavy atom. The average Bonchev–Trinajstić information content (AvgIpc) is 2.63. The van der Waals surface area contributed by atoms with Crippen molar-refractivity contribution in [2.75, 3.05) is 0 Å². The van der Waals surface area contributed by atoms with E-state index in [0.29, 0.717) is 6.20 Å². The van der Waals surface area contributed by atoms with E-state index >= 15 is 0 Å². The van der Waals surface area contributed by atoms with E-state index in [4.69, 9.17) is 14.5 Å². The second-order valence-corrected chi connectivity index (χ2v) is 6.11. The normalized spacial score (nSPS) is 32.9. The Kier molecular flexibility index (Phi) is 4.61. The number of aliphatic hydroxyl groups is 2. The zero-order valence-corrected chi connectivity index (χ0v) is 12.5. The van der Waals surface area contributed by atoms with Gasteiger partial charge in [-0.1, -0.05) is 0 Å². The largest absolute Gasteiger partial charge is 0.470 e. The van der Waals surface area contributed by atoms with Gasteiger partial charge in [-0.3, -0.25) is 14.3 Å². The van der Waals surface area contributed by atoms with Crippen LogP contribution in [0.25, 0.3) is 0 Å². The van der Waals surface area contributed by atoms with Crippen molar-refractivity contribution in [2.45, 2.75) is 37.3 Å². The molecule has 1 fully saturated rings. The quantitative estimate of drug-likeness (QED) is 0.373. The minimum absolute atomic E-state index is 0.178. The Morgan fingerprint density at radius 1 is 1.52 bits per heavy atom. The number of aliphatic hydroxyl groups excluding tert-OH is 2. The summed E-state index contributed by atoms with van der Waals surface area (Å²) in [5.41, 5.74) is -2.11. The Balaban J connectivity index is 2.49. The topological polar surface area (TPSA) is 171 Å². The van der Waals surface area contributed by atoms with Gasteiger partial charge in [-0.25, -0.2) is 13.9 Å². The maximum absolute atomic E-state index is 15.0. The van der Waals surface area contributed by atoms with E-state index in [1.54, 1.807) is 4.98 Å². The number of phosphoric ester groups is 1. The molecule has 0 aromatic carbocycles. The van der Waals surface area contributed by atoms with E-state index in [1.807, 2.05) is 0 Å². The van der Waals surface area contributed by atoms with Gasteiger partial charge in [-0.2, -0.15) is 4.39 Å². The molecule has 1 aliphatic heterocycles. The van der Waals surface area contributed by atoms with Gasteiger partial charge in [-0.15, -0.1) is 0 Å². The molecule has 1 unspecified atom stereocenters. The molecule has 1 aromatic rings. The van der Waals surface area contributed by atoms with Gasteiger partial charge in [0.15, 0.2) is 6.10 Å². The van der Waals surface area contributed by atoms with Gasteiger partial charge in [0.1, 0.15) is 12.2 Å². The number of ether oxygens (including phenoxy) is 1. The molecule has 1 saturated heterocycles. The van der Waals surface area contributed by atoms with Crippen LogP contribution in [0.5, 0.6) is 0 Å². The van der Waals surface area contributed by atoms with Crippen LogP contribution >= 0.6 is 7.82 Å². The van der Waals surface area contributed by atoms with Crippen molar-refractivity contribution in [3.63, 3.8) is 0 Å². The number of aromatic amines is 1. The Labute approximate surface area is 127 Å². The van der Waals surface area contributed by atoms with Crippen molar-refractivity contribution in [3.05, 3.63) is 33.1 Å². The number of phosphoric acid groups is 1. The monoisotopic (exact) mass is 356 g/mol.